The van der Waals surface area contributed by atoms with E-state index in [1.54, 1.807) is 7.11 Å². The van der Waals surface area contributed by atoms with Gasteiger partial charge in [-0.2, -0.15) is 0 Å². The highest BCUT2D eigenvalue weighted by atomic mass is 16.6. The van der Waals surface area contributed by atoms with E-state index in [9.17, 15) is 15.1 Å². The molecule has 0 radical (unpaired) electrons. The number of H-pyrrole nitrogens is 1. The highest BCUT2D eigenvalue weighted by Gasteiger charge is 2.62. The first kappa shape index (κ1) is 15.9. The third-order valence-electron chi connectivity index (χ3n) is 6.87. The smallest absolute Gasteiger partial charge is 0.313 e. The summed E-state index contributed by atoms with van der Waals surface area (Å²) in [6.45, 7) is 2.33. The number of aromatic nitrogens is 1. The highest BCUT2D eigenvalue weighted by Crippen LogP contribution is 2.58. The van der Waals surface area contributed by atoms with Crippen LogP contribution in [0.25, 0.3) is 10.9 Å². The minimum atomic E-state index is -0.836. The van der Waals surface area contributed by atoms with Crippen molar-refractivity contribution in [1.82, 2.24) is 4.98 Å². The standard InChI is InChI=1S/C20H22N2O4/c1-3-10-9-22(25)16-8-14-13-6-11(26-2)4-5-15(13)21-19(14)17(22)7-12(10)18(16)20(23)24/h3-6,12,16-18,21H,7-9H2,1-2H3,(H,23,24)/b10-3-/t12-,16-,17-,18-,22-/m0/s1. The zero-order valence-corrected chi connectivity index (χ0v) is 14.9. The monoisotopic (exact) mass is 354 g/mol. The molecular formula is C20H22N2O4. The Kier molecular flexibility index (Phi) is 3.13. The van der Waals surface area contributed by atoms with Crippen molar-refractivity contribution in [2.24, 2.45) is 11.8 Å². The summed E-state index contributed by atoms with van der Waals surface area (Å²) in [5, 5.41) is 24.8. The molecule has 0 aliphatic carbocycles. The average molecular weight is 354 g/mol. The Morgan fingerprint density at radius 1 is 1.46 bits per heavy atom. The SMILES string of the molecule is C/C=C1/C[N@@+]2([O-])[C@H]3C[C@@H]1[C@H](C(=O)O)[C@@H]2Cc1c3[nH]c2ccc(OC)cc12. The fraction of sp³-hybridized carbons (Fsp3) is 0.450. The lowest BCUT2D eigenvalue weighted by Crippen LogP contribution is -2.70. The molecule has 5 heterocycles. The second kappa shape index (κ2) is 5.11. The van der Waals surface area contributed by atoms with Gasteiger partial charge in [-0.1, -0.05) is 6.08 Å². The Bertz CT molecular complexity index is 962. The molecule has 0 amide bonds. The second-order valence-electron chi connectivity index (χ2n) is 7.80. The number of methoxy groups -OCH3 is 1. The van der Waals surface area contributed by atoms with Gasteiger partial charge in [0.05, 0.1) is 12.8 Å². The third kappa shape index (κ3) is 1.81. The van der Waals surface area contributed by atoms with Crippen LogP contribution in [-0.2, 0) is 11.2 Å². The third-order valence-corrected chi connectivity index (χ3v) is 6.87. The quantitative estimate of drug-likeness (QED) is 0.493. The molecule has 26 heavy (non-hydrogen) atoms. The van der Waals surface area contributed by atoms with Gasteiger partial charge in [-0.05, 0) is 36.3 Å². The van der Waals surface area contributed by atoms with Crippen LogP contribution in [0.3, 0.4) is 0 Å². The van der Waals surface area contributed by atoms with Gasteiger partial charge in [0.1, 0.15) is 30.3 Å². The summed E-state index contributed by atoms with van der Waals surface area (Å²) in [6, 6.07) is 5.25. The lowest BCUT2D eigenvalue weighted by Gasteiger charge is -2.66. The molecule has 0 spiro atoms. The predicted octanol–water partition coefficient (Wildman–Crippen LogP) is 3.14. The molecule has 5 atom stereocenters. The van der Waals surface area contributed by atoms with Crippen LogP contribution < -0.4 is 4.74 Å². The number of fused-ring (bicyclic) bond motifs is 4. The van der Waals surface area contributed by atoms with Gasteiger partial charge < -0.3 is 24.7 Å². The second-order valence-corrected chi connectivity index (χ2v) is 7.80. The summed E-state index contributed by atoms with van der Waals surface area (Å²) in [4.78, 5) is 15.5. The van der Waals surface area contributed by atoms with Gasteiger partial charge in [0.2, 0.25) is 0 Å². The van der Waals surface area contributed by atoms with E-state index in [1.165, 1.54) is 0 Å². The number of allylic oxidation sites excluding steroid dienone is 1. The number of carbonyl (C=O) groups is 1. The maximum Gasteiger partial charge on any atom is 0.313 e. The summed E-state index contributed by atoms with van der Waals surface area (Å²) >= 11 is 0. The number of aliphatic carboxylic acids is 1. The largest absolute Gasteiger partial charge is 0.632 e. The number of nitrogens with zero attached hydrogens (tertiary/aromatic N) is 1. The van der Waals surface area contributed by atoms with Crippen LogP contribution in [0.15, 0.2) is 29.8 Å². The van der Waals surface area contributed by atoms with Gasteiger partial charge in [0.15, 0.2) is 0 Å². The van der Waals surface area contributed by atoms with Crippen molar-refractivity contribution >= 4 is 16.9 Å². The zero-order chi connectivity index (χ0) is 18.2. The first-order chi connectivity index (χ1) is 12.5. The van der Waals surface area contributed by atoms with Crippen LogP contribution >= 0.6 is 0 Å². The van der Waals surface area contributed by atoms with E-state index in [0.29, 0.717) is 19.4 Å². The summed E-state index contributed by atoms with van der Waals surface area (Å²) in [5.74, 6) is -0.700. The number of hydroxylamine groups is 3. The molecule has 2 aromatic rings. The molecule has 4 aliphatic rings. The lowest BCUT2D eigenvalue weighted by molar-refractivity contribution is -0.951. The van der Waals surface area contributed by atoms with Gasteiger partial charge in [0, 0.05) is 29.7 Å². The molecule has 1 aromatic heterocycles. The molecule has 6 rings (SSSR count). The number of nitrogens with one attached hydrogen (secondary N) is 1. The van der Waals surface area contributed by atoms with E-state index in [0.717, 1.165) is 33.5 Å². The van der Waals surface area contributed by atoms with Crippen molar-refractivity contribution in [2.45, 2.75) is 31.8 Å². The van der Waals surface area contributed by atoms with Gasteiger partial charge in [0.25, 0.3) is 0 Å². The molecule has 3 saturated heterocycles. The minimum Gasteiger partial charge on any atom is -0.632 e. The average Bonchev–Trinajstić information content (AvgIpc) is 2.97. The zero-order valence-electron chi connectivity index (χ0n) is 14.9. The Hall–Kier alpha value is -2.31. The van der Waals surface area contributed by atoms with Crippen LogP contribution in [0.2, 0.25) is 0 Å². The normalized spacial score (nSPS) is 36.3. The number of piperidine rings is 3. The van der Waals surface area contributed by atoms with Crippen LogP contribution in [0.1, 0.15) is 30.6 Å². The van der Waals surface area contributed by atoms with Crippen molar-refractivity contribution in [3.63, 3.8) is 0 Å². The first-order valence-corrected chi connectivity index (χ1v) is 9.12. The predicted molar refractivity (Wildman–Crippen MR) is 96.6 cm³/mol. The van der Waals surface area contributed by atoms with Crippen molar-refractivity contribution in [3.05, 3.63) is 46.3 Å². The number of ether oxygens (including phenoxy) is 1. The fourth-order valence-electron chi connectivity index (χ4n) is 5.70. The van der Waals surface area contributed by atoms with E-state index in [1.807, 2.05) is 31.2 Å². The van der Waals surface area contributed by atoms with E-state index < -0.39 is 22.6 Å². The van der Waals surface area contributed by atoms with Gasteiger partial charge in [-0.15, -0.1) is 0 Å². The molecule has 136 valence electrons. The summed E-state index contributed by atoms with van der Waals surface area (Å²) in [6.07, 6.45) is 3.07. The number of quaternary nitrogens is 1. The Morgan fingerprint density at radius 2 is 2.27 bits per heavy atom. The van der Waals surface area contributed by atoms with Gasteiger partial charge in [-0.3, -0.25) is 4.79 Å². The number of benzene rings is 1. The number of aromatic amines is 1. The molecule has 0 unspecified atom stereocenters. The van der Waals surface area contributed by atoms with Crippen molar-refractivity contribution in [1.29, 1.82) is 0 Å². The van der Waals surface area contributed by atoms with E-state index in [4.69, 9.17) is 4.74 Å². The Balaban J connectivity index is 1.72. The van der Waals surface area contributed by atoms with E-state index in [-0.39, 0.29) is 12.0 Å². The van der Waals surface area contributed by atoms with Gasteiger partial charge >= 0.3 is 5.97 Å². The molecule has 2 N–H and O–H groups in total. The molecule has 1 aromatic carbocycles. The van der Waals surface area contributed by atoms with Crippen LogP contribution in [-0.4, -0.2) is 40.4 Å². The summed E-state index contributed by atoms with van der Waals surface area (Å²) in [7, 11) is 1.64. The van der Waals surface area contributed by atoms with Crippen molar-refractivity contribution in [3.8, 4) is 5.75 Å². The van der Waals surface area contributed by atoms with Crippen molar-refractivity contribution in [2.75, 3.05) is 13.7 Å². The Labute approximate surface area is 151 Å². The number of hydrogen-bond acceptors (Lipinski definition) is 3. The first-order valence-electron chi connectivity index (χ1n) is 9.12. The molecule has 0 saturated carbocycles. The number of hydrogen-bond donors (Lipinski definition) is 2. The number of rotatable bonds is 2. The van der Waals surface area contributed by atoms with Crippen LogP contribution in [0, 0.1) is 17.0 Å². The van der Waals surface area contributed by atoms with Crippen LogP contribution in [0.5, 0.6) is 5.75 Å². The van der Waals surface area contributed by atoms with Gasteiger partial charge in [-0.25, -0.2) is 0 Å². The minimum absolute atomic E-state index is 0.0319. The summed E-state index contributed by atoms with van der Waals surface area (Å²) < 4.78 is 4.93. The van der Waals surface area contributed by atoms with Crippen molar-refractivity contribution < 1.29 is 19.3 Å². The highest BCUT2D eigenvalue weighted by molar-refractivity contribution is 5.87. The molecule has 3 fully saturated rings. The van der Waals surface area contributed by atoms with E-state index in [2.05, 4.69) is 4.98 Å². The number of carboxylic acids is 1. The van der Waals surface area contributed by atoms with Crippen LogP contribution in [0.4, 0.5) is 0 Å². The summed E-state index contributed by atoms with van der Waals surface area (Å²) in [5.41, 5.74) is 4.11. The number of carboxylic acid groups (broad SMARTS) is 1. The fourth-order valence-corrected chi connectivity index (χ4v) is 5.70. The Morgan fingerprint density at radius 3 is 2.96 bits per heavy atom. The molecule has 4 aliphatic heterocycles. The van der Waals surface area contributed by atoms with E-state index >= 15 is 0 Å². The maximum absolute atomic E-state index is 13.9. The maximum atomic E-state index is 13.9. The lowest BCUT2D eigenvalue weighted by atomic mass is 9.63. The topological polar surface area (TPSA) is 85.4 Å². The molecular weight excluding hydrogens is 332 g/mol. The molecule has 6 nitrogen and oxygen atoms in total. The molecule has 6 heteroatoms. The molecule has 4 bridgehead atoms.